The second kappa shape index (κ2) is 12.5. The summed E-state index contributed by atoms with van der Waals surface area (Å²) in [4.78, 5) is 0. The molecule has 0 spiro atoms. The van der Waals surface area contributed by atoms with Gasteiger partial charge in [-0.05, 0) is 105 Å². The summed E-state index contributed by atoms with van der Waals surface area (Å²) in [6.07, 6.45) is 14.0. The predicted molar refractivity (Wildman–Crippen MR) is 150 cm³/mol. The average Bonchev–Trinajstić information content (AvgIpc) is 3.21. The zero-order valence-electron chi connectivity index (χ0n) is 23.9. The van der Waals surface area contributed by atoms with E-state index in [9.17, 15) is 10.2 Å². The second-order valence-corrected chi connectivity index (χ2v) is 12.2. The van der Waals surface area contributed by atoms with Crippen LogP contribution >= 0.6 is 0 Å². The van der Waals surface area contributed by atoms with Crippen LogP contribution in [-0.4, -0.2) is 34.6 Å². The van der Waals surface area contributed by atoms with Crippen molar-refractivity contribution < 1.29 is 14.9 Å². The third-order valence-corrected chi connectivity index (χ3v) is 10.1. The first kappa shape index (κ1) is 29.2. The Hall–Kier alpha value is -1.34. The van der Waals surface area contributed by atoms with E-state index in [4.69, 9.17) is 4.74 Å². The van der Waals surface area contributed by atoms with Crippen LogP contribution in [0.25, 0.3) is 0 Å². The molecule has 3 rings (SSSR count). The van der Waals surface area contributed by atoms with Crippen molar-refractivity contribution in [3.05, 3.63) is 35.5 Å². The number of aliphatic hydroxyl groups is 2. The number of ether oxygens (including phenoxy) is 1. The normalized spacial score (nSPS) is 34.8. The van der Waals surface area contributed by atoms with E-state index in [1.54, 1.807) is 5.57 Å². The highest BCUT2D eigenvalue weighted by molar-refractivity contribution is 5.37. The third-order valence-electron chi connectivity index (χ3n) is 10.1. The summed E-state index contributed by atoms with van der Waals surface area (Å²) in [5, 5.41) is 20.9. The van der Waals surface area contributed by atoms with Gasteiger partial charge in [-0.15, -0.1) is 0 Å². The minimum atomic E-state index is -0.688. The van der Waals surface area contributed by atoms with E-state index in [1.165, 1.54) is 43.3 Å². The first-order valence-electron chi connectivity index (χ1n) is 14.7. The molecule has 3 nitrogen and oxygen atoms in total. The lowest BCUT2D eigenvalue weighted by Crippen LogP contribution is -2.39. The minimum absolute atomic E-state index is 0.0847. The van der Waals surface area contributed by atoms with Gasteiger partial charge in [-0.25, -0.2) is 0 Å². The molecular weight excluding hydrogens is 444 g/mol. The fourth-order valence-corrected chi connectivity index (χ4v) is 7.39. The van der Waals surface area contributed by atoms with Crippen molar-refractivity contribution in [1.29, 1.82) is 0 Å². The number of fused-ring (bicyclic) bond motifs is 1. The number of allylic oxidation sites excluding steroid dienone is 4. The molecule has 3 aliphatic rings. The second-order valence-electron chi connectivity index (χ2n) is 12.2. The van der Waals surface area contributed by atoms with Gasteiger partial charge in [0.2, 0.25) is 0 Å². The van der Waals surface area contributed by atoms with E-state index >= 15 is 0 Å². The smallest absolute Gasteiger partial charge is 0.121 e. The Bertz CT molecular complexity index is 882. The maximum Gasteiger partial charge on any atom is 0.121 e. The monoisotopic (exact) mass is 496 g/mol. The van der Waals surface area contributed by atoms with E-state index < -0.39 is 5.60 Å². The van der Waals surface area contributed by atoms with E-state index in [0.29, 0.717) is 36.7 Å². The van der Waals surface area contributed by atoms with Crippen molar-refractivity contribution in [3.8, 4) is 11.8 Å². The fourth-order valence-electron chi connectivity index (χ4n) is 7.39. The maximum atomic E-state index is 10.7. The number of aliphatic hydroxyl groups excluding tert-OH is 1. The lowest BCUT2D eigenvalue weighted by Gasteiger charge is -2.45. The lowest BCUT2D eigenvalue weighted by atomic mass is 9.60. The molecule has 0 aromatic heterocycles. The van der Waals surface area contributed by atoms with Gasteiger partial charge in [0, 0.05) is 13.0 Å². The number of rotatable bonds is 8. The topological polar surface area (TPSA) is 49.7 Å². The van der Waals surface area contributed by atoms with Gasteiger partial charge < -0.3 is 14.9 Å². The van der Waals surface area contributed by atoms with Crippen LogP contribution in [0.3, 0.4) is 0 Å². The van der Waals surface area contributed by atoms with Crippen LogP contribution in [0, 0.1) is 40.9 Å². The van der Waals surface area contributed by atoms with Gasteiger partial charge in [0.15, 0.2) is 0 Å². The molecular formula is C33H52O3. The molecule has 3 saturated carbocycles. The SMILES string of the molecule is C=C1/C(=C\C=C2/CCCC3(C)C([C@@H](C)[C@@H](C#CCC(O)(CC)CC)OCC)CC[C@@H]23)C[C@@H](O)CC1C. The van der Waals surface area contributed by atoms with Crippen molar-refractivity contribution >= 4 is 0 Å². The highest BCUT2D eigenvalue weighted by Gasteiger charge is 2.51. The summed E-state index contributed by atoms with van der Waals surface area (Å²) in [6, 6.07) is 0. The standard InChI is InChI=1S/C33H52O3/c1-8-33(35,9-2)20-12-14-31(36-10-3)25(6)29-17-18-30-26(13-11-19-32(29,30)7)15-16-27-22-28(34)21-23(4)24(27)5/h15-16,23,25,28-31,34-35H,5,8-11,13,17-22H2,1-4,6-7H3/b26-15+,27-16-/t23?,25-,28+,29?,30+,31-,32?/m1/s1. The molecule has 3 fully saturated rings. The minimum Gasteiger partial charge on any atom is -0.393 e. The molecule has 3 unspecified atom stereocenters. The van der Waals surface area contributed by atoms with Crippen molar-refractivity contribution in [3.63, 3.8) is 0 Å². The molecule has 3 heteroatoms. The molecule has 36 heavy (non-hydrogen) atoms. The maximum absolute atomic E-state index is 10.7. The molecule has 0 aromatic rings. The van der Waals surface area contributed by atoms with Gasteiger partial charge in [-0.1, -0.05) is 70.8 Å². The molecule has 0 radical (unpaired) electrons. The zero-order chi connectivity index (χ0) is 26.5. The van der Waals surface area contributed by atoms with E-state index in [1.807, 2.05) is 13.8 Å². The van der Waals surface area contributed by atoms with Crippen molar-refractivity contribution in [2.24, 2.45) is 29.1 Å². The summed E-state index contributed by atoms with van der Waals surface area (Å²) < 4.78 is 6.20. The summed E-state index contributed by atoms with van der Waals surface area (Å²) in [7, 11) is 0. The summed E-state index contributed by atoms with van der Waals surface area (Å²) >= 11 is 0. The number of hydrogen-bond acceptors (Lipinski definition) is 3. The van der Waals surface area contributed by atoms with Crippen LogP contribution in [0.1, 0.15) is 106 Å². The van der Waals surface area contributed by atoms with Crippen LogP contribution < -0.4 is 0 Å². The highest BCUT2D eigenvalue weighted by Crippen LogP contribution is 2.60. The highest BCUT2D eigenvalue weighted by atomic mass is 16.5. The molecule has 0 amide bonds. The van der Waals surface area contributed by atoms with Crippen LogP contribution in [0.4, 0.5) is 0 Å². The molecule has 202 valence electrons. The van der Waals surface area contributed by atoms with Crippen molar-refractivity contribution in [1.82, 2.24) is 0 Å². The Kier molecular flexibility index (Phi) is 10.1. The van der Waals surface area contributed by atoms with Crippen molar-refractivity contribution in [2.75, 3.05) is 6.61 Å². The Morgan fingerprint density at radius 2 is 1.94 bits per heavy atom. The average molecular weight is 497 g/mol. The molecule has 7 atom stereocenters. The van der Waals surface area contributed by atoms with Crippen LogP contribution in [0.2, 0.25) is 0 Å². The van der Waals surface area contributed by atoms with Gasteiger partial charge in [0.1, 0.15) is 6.10 Å². The Morgan fingerprint density at radius 1 is 1.22 bits per heavy atom. The molecule has 0 heterocycles. The van der Waals surface area contributed by atoms with Crippen molar-refractivity contribution in [2.45, 2.75) is 124 Å². The molecule has 0 bridgehead atoms. The molecule has 0 saturated heterocycles. The van der Waals surface area contributed by atoms with Gasteiger partial charge in [0.25, 0.3) is 0 Å². The fraction of sp³-hybridized carbons (Fsp3) is 0.758. The Morgan fingerprint density at radius 3 is 2.61 bits per heavy atom. The van der Waals surface area contributed by atoms with E-state index in [2.05, 4.69) is 58.3 Å². The van der Waals surface area contributed by atoms with Crippen LogP contribution in [0.5, 0.6) is 0 Å². The Balaban J connectivity index is 1.78. The van der Waals surface area contributed by atoms with Crippen LogP contribution in [0.15, 0.2) is 35.5 Å². The van der Waals surface area contributed by atoms with Gasteiger partial charge in [-0.3, -0.25) is 0 Å². The summed E-state index contributed by atoms with van der Waals surface area (Å²) in [5.74, 6) is 8.64. The summed E-state index contributed by atoms with van der Waals surface area (Å²) in [6.45, 7) is 18.1. The van der Waals surface area contributed by atoms with Gasteiger partial charge >= 0.3 is 0 Å². The molecule has 2 N–H and O–H groups in total. The van der Waals surface area contributed by atoms with Gasteiger partial charge in [-0.2, -0.15) is 0 Å². The Labute approximate surface area is 221 Å². The molecule has 0 aromatic carbocycles. The first-order valence-corrected chi connectivity index (χ1v) is 14.7. The van der Waals surface area contributed by atoms with E-state index in [-0.39, 0.29) is 17.6 Å². The quantitative estimate of drug-likeness (QED) is 0.344. The number of hydrogen-bond donors (Lipinski definition) is 2. The molecule has 3 aliphatic carbocycles. The van der Waals surface area contributed by atoms with Crippen LogP contribution in [-0.2, 0) is 4.74 Å². The first-order chi connectivity index (χ1) is 17.1. The third kappa shape index (κ3) is 6.38. The lowest BCUT2D eigenvalue weighted by molar-refractivity contribution is 0.00484. The largest absolute Gasteiger partial charge is 0.393 e. The van der Waals surface area contributed by atoms with E-state index in [0.717, 1.165) is 25.7 Å². The summed E-state index contributed by atoms with van der Waals surface area (Å²) in [5.41, 5.74) is 3.59. The van der Waals surface area contributed by atoms with Gasteiger partial charge in [0.05, 0.1) is 11.7 Å². The predicted octanol–water partition coefficient (Wildman–Crippen LogP) is 7.39. The molecule has 0 aliphatic heterocycles. The zero-order valence-corrected chi connectivity index (χ0v) is 23.9.